The second kappa shape index (κ2) is 14.5. The summed E-state index contributed by atoms with van der Waals surface area (Å²) in [4.78, 5) is 27.6. The van der Waals surface area contributed by atoms with E-state index in [1.807, 2.05) is 19.9 Å². The van der Waals surface area contributed by atoms with Gasteiger partial charge in [-0.05, 0) is 60.5 Å². The molecular weight excluding hydrogens is 697 g/mol. The first-order valence-corrected chi connectivity index (χ1v) is 22.8. The highest BCUT2D eigenvalue weighted by molar-refractivity contribution is 6.73. The second-order valence-electron chi connectivity index (χ2n) is 16.1. The van der Waals surface area contributed by atoms with Crippen molar-refractivity contribution in [1.29, 1.82) is 0 Å². The lowest BCUT2D eigenvalue weighted by molar-refractivity contribution is -0.360. The lowest BCUT2D eigenvalue weighted by atomic mass is 9.44. The van der Waals surface area contributed by atoms with Crippen LogP contribution in [0.2, 0.25) is 24.2 Å². The molecular formula is C40H58O10Si2. The molecule has 11 atom stereocenters. The van der Waals surface area contributed by atoms with Crippen LogP contribution in [-0.2, 0) is 37.3 Å². The molecule has 1 aromatic rings. The number of carbonyl (C=O) groups is 2. The smallest absolute Gasteiger partial charge is 0.338 e. The second-order valence-corrected chi connectivity index (χ2v) is 22.1. The van der Waals surface area contributed by atoms with E-state index in [1.165, 1.54) is 6.92 Å². The number of ether oxygens (including phenoxy) is 5. The first-order chi connectivity index (χ1) is 24.6. The van der Waals surface area contributed by atoms with E-state index in [2.05, 4.69) is 48.1 Å². The third-order valence-corrected chi connectivity index (χ3v) is 18.9. The molecule has 3 aliphatic carbocycles. The molecule has 10 nitrogen and oxygen atoms in total. The van der Waals surface area contributed by atoms with Crippen LogP contribution in [0.3, 0.4) is 0 Å². The van der Waals surface area contributed by atoms with Gasteiger partial charge in [-0.25, -0.2) is 4.79 Å². The Morgan fingerprint density at radius 2 is 1.75 bits per heavy atom. The summed E-state index contributed by atoms with van der Waals surface area (Å²) in [5.74, 6) is -1.91. The number of benzene rings is 1. The van der Waals surface area contributed by atoms with Gasteiger partial charge in [-0.3, -0.25) is 4.79 Å². The predicted octanol–water partition coefficient (Wildman–Crippen LogP) is 6.56. The lowest BCUT2D eigenvalue weighted by Gasteiger charge is -2.69. The molecule has 1 aromatic carbocycles. The average Bonchev–Trinajstić information content (AvgIpc) is 3.55. The molecule has 6 rings (SSSR count). The monoisotopic (exact) mass is 754 g/mol. The van der Waals surface area contributed by atoms with E-state index in [4.69, 9.17) is 32.5 Å². The van der Waals surface area contributed by atoms with Crippen LogP contribution < -0.4 is 0 Å². The maximum Gasteiger partial charge on any atom is 0.338 e. The zero-order chi connectivity index (χ0) is 37.9. The summed E-state index contributed by atoms with van der Waals surface area (Å²) in [7, 11) is -2.12. The highest BCUT2D eigenvalue weighted by Gasteiger charge is 2.79. The van der Waals surface area contributed by atoms with Crippen LogP contribution >= 0.6 is 0 Å². The Labute approximate surface area is 313 Å². The summed E-state index contributed by atoms with van der Waals surface area (Å²) in [6.45, 7) is 22.3. The summed E-state index contributed by atoms with van der Waals surface area (Å²) in [6, 6.07) is 12.3. The third-order valence-electron chi connectivity index (χ3n) is 13.5. The summed E-state index contributed by atoms with van der Waals surface area (Å²) in [5.41, 5.74) is -2.88. The number of rotatable bonds is 12. The van der Waals surface area contributed by atoms with Gasteiger partial charge in [0.25, 0.3) is 0 Å². The highest BCUT2D eigenvalue weighted by Crippen LogP contribution is 2.67. The minimum absolute atomic E-state index is 0.0695. The number of fused-ring (bicyclic) bond motifs is 8. The molecule has 0 aromatic heterocycles. The first-order valence-electron chi connectivity index (χ1n) is 19.1. The maximum absolute atomic E-state index is 14.4. The van der Waals surface area contributed by atoms with Crippen LogP contribution in [-0.4, -0.2) is 95.8 Å². The fourth-order valence-corrected chi connectivity index (χ4v) is 13.9. The number of hydrogen-bond donors (Lipinski definition) is 1. The molecule has 4 fully saturated rings. The van der Waals surface area contributed by atoms with E-state index in [0.717, 1.165) is 35.3 Å². The molecule has 2 radical (unpaired) electrons. The van der Waals surface area contributed by atoms with Crippen LogP contribution in [0.5, 0.6) is 0 Å². The van der Waals surface area contributed by atoms with Crippen molar-refractivity contribution in [2.45, 2.75) is 153 Å². The molecule has 5 aliphatic rings. The molecule has 0 spiro atoms. The maximum atomic E-state index is 14.4. The van der Waals surface area contributed by atoms with E-state index >= 15 is 0 Å². The normalized spacial score (nSPS) is 39.2. The van der Waals surface area contributed by atoms with Gasteiger partial charge in [0.2, 0.25) is 9.76 Å². The van der Waals surface area contributed by atoms with Crippen molar-refractivity contribution < 1.29 is 47.2 Å². The molecule has 2 heterocycles. The minimum atomic E-state index is -2.31. The molecule has 0 amide bonds. The van der Waals surface area contributed by atoms with Crippen molar-refractivity contribution >= 4 is 30.0 Å². The van der Waals surface area contributed by atoms with Gasteiger partial charge in [-0.15, -0.1) is 0 Å². The Morgan fingerprint density at radius 3 is 2.31 bits per heavy atom. The summed E-state index contributed by atoms with van der Waals surface area (Å²) < 4.78 is 47.5. The van der Waals surface area contributed by atoms with Crippen LogP contribution in [0.25, 0.3) is 0 Å². The predicted molar refractivity (Wildman–Crippen MR) is 199 cm³/mol. The first kappa shape index (κ1) is 39.5. The van der Waals surface area contributed by atoms with Gasteiger partial charge >= 0.3 is 11.9 Å². The molecule has 12 heteroatoms. The summed E-state index contributed by atoms with van der Waals surface area (Å²) in [5, 5.41) is 13.8. The van der Waals surface area contributed by atoms with E-state index in [9.17, 15) is 14.7 Å². The van der Waals surface area contributed by atoms with Gasteiger partial charge in [0.1, 0.15) is 23.9 Å². The van der Waals surface area contributed by atoms with Crippen LogP contribution in [0.15, 0.2) is 54.1 Å². The average molecular weight is 755 g/mol. The Kier molecular flexibility index (Phi) is 11.0. The number of aliphatic hydroxyl groups is 1. The van der Waals surface area contributed by atoms with Gasteiger partial charge in [-0.1, -0.05) is 73.2 Å². The number of hydrogen-bond acceptors (Lipinski definition) is 10. The standard InChI is InChI=1S/C40H58O10Si2/c1-11-30-45-32-31-24(6)27(49-51-12-2)22-40(43,37(31,8)9)35(47-36(42)26-19-17-16-18-20-26)33-38(10,34(32)46-30)28(50-52(13-3,14-4)15-5)21-29-39(33,23-44-29)48-25(7)41/h11,16-20,27-30,32-35,43H,1,12-15,21-23H2,2-10H3/t27?,28?,29?,30?,32?,33?,34?,35?,38-,39?,40?/m1/s1. The van der Waals surface area contributed by atoms with Crippen molar-refractivity contribution in [3.63, 3.8) is 0 Å². The largest absolute Gasteiger partial charge is 0.455 e. The van der Waals surface area contributed by atoms with Crippen molar-refractivity contribution in [1.82, 2.24) is 0 Å². The van der Waals surface area contributed by atoms with Crippen molar-refractivity contribution in [3.05, 3.63) is 59.7 Å². The fraction of sp³-hybridized carbons (Fsp3) is 0.700. The SMILES string of the molecule is C=CC1OC2C3=C(C)C(O[Si]CC)CC(O)(C(OC(=O)c4ccccc4)C4C5(OC(C)=O)COC5CC(O[Si](CC)(CC)CC)[C@@]4(C)C2O1)C3(C)C. The van der Waals surface area contributed by atoms with E-state index in [-0.39, 0.29) is 22.8 Å². The van der Waals surface area contributed by atoms with Crippen LogP contribution in [0.1, 0.15) is 85.5 Å². The Bertz CT molecular complexity index is 1540. The van der Waals surface area contributed by atoms with E-state index in [0.29, 0.717) is 12.0 Å². The fourth-order valence-electron chi connectivity index (χ4n) is 10.4. The van der Waals surface area contributed by atoms with Crippen LogP contribution in [0.4, 0.5) is 0 Å². The zero-order valence-electron chi connectivity index (χ0n) is 32.4. The summed E-state index contributed by atoms with van der Waals surface area (Å²) in [6.07, 6.45) is -2.59. The number of esters is 2. The molecule has 52 heavy (non-hydrogen) atoms. The lowest BCUT2D eigenvalue weighted by Crippen LogP contribution is -2.82. The molecule has 2 saturated carbocycles. The van der Waals surface area contributed by atoms with Crippen molar-refractivity contribution in [2.24, 2.45) is 16.7 Å². The Hall–Kier alpha value is -2.17. The molecule has 1 N–H and O–H groups in total. The molecule has 10 unspecified atom stereocenters. The van der Waals surface area contributed by atoms with Crippen molar-refractivity contribution in [3.8, 4) is 0 Å². The molecule has 286 valence electrons. The van der Waals surface area contributed by atoms with Gasteiger partial charge in [0.05, 0.1) is 36.4 Å². The van der Waals surface area contributed by atoms with Gasteiger partial charge in [-0.2, -0.15) is 0 Å². The number of carbonyl (C=O) groups excluding carboxylic acids is 2. The van der Waals surface area contributed by atoms with Gasteiger partial charge in [0.15, 0.2) is 20.2 Å². The van der Waals surface area contributed by atoms with E-state index in [1.54, 1.807) is 30.3 Å². The summed E-state index contributed by atoms with van der Waals surface area (Å²) >= 11 is 0. The molecule has 2 aliphatic heterocycles. The van der Waals surface area contributed by atoms with Crippen LogP contribution in [0, 0.1) is 16.7 Å². The minimum Gasteiger partial charge on any atom is -0.455 e. The van der Waals surface area contributed by atoms with E-state index < -0.39 is 91.1 Å². The molecule has 2 saturated heterocycles. The van der Waals surface area contributed by atoms with Gasteiger partial charge in [0, 0.05) is 30.6 Å². The zero-order valence-corrected chi connectivity index (χ0v) is 34.4. The van der Waals surface area contributed by atoms with Gasteiger partial charge < -0.3 is 37.6 Å². The third kappa shape index (κ3) is 5.95. The Morgan fingerprint density at radius 1 is 1.08 bits per heavy atom. The van der Waals surface area contributed by atoms with Crippen molar-refractivity contribution in [2.75, 3.05) is 6.61 Å². The highest BCUT2D eigenvalue weighted by atomic mass is 28.4. The molecule has 2 bridgehead atoms. The quantitative estimate of drug-likeness (QED) is 0.143. The Balaban J connectivity index is 1.69. The topological polar surface area (TPSA) is 119 Å².